The fraction of sp³-hybridized carbons (Fsp3) is 0.375. The first kappa shape index (κ1) is 16.0. The smallest absolute Gasteiger partial charge is 0.410 e. The fourth-order valence-electron chi connectivity index (χ4n) is 2.68. The first-order chi connectivity index (χ1) is 11.6. The number of piperidine rings is 1. The van der Waals surface area contributed by atoms with Crippen molar-refractivity contribution in [3.8, 4) is 0 Å². The summed E-state index contributed by atoms with van der Waals surface area (Å²) < 4.78 is 6.88. The molecule has 1 aliphatic rings. The number of carboxylic acid groups (broad SMARTS) is 1. The van der Waals surface area contributed by atoms with Crippen LogP contribution in [0.15, 0.2) is 36.5 Å². The van der Waals surface area contributed by atoms with Crippen molar-refractivity contribution in [1.29, 1.82) is 0 Å². The van der Waals surface area contributed by atoms with Crippen LogP contribution < -0.4 is 0 Å². The van der Waals surface area contributed by atoms with E-state index in [9.17, 15) is 9.59 Å². The van der Waals surface area contributed by atoms with Gasteiger partial charge in [0, 0.05) is 13.1 Å². The number of nitrogens with zero attached hydrogens (tertiary/aromatic N) is 4. The maximum absolute atomic E-state index is 12.1. The Morgan fingerprint density at radius 1 is 1.21 bits per heavy atom. The summed E-state index contributed by atoms with van der Waals surface area (Å²) in [6.07, 6.45) is 2.46. The number of aromatic nitrogens is 3. The number of hydrogen-bond donors (Lipinski definition) is 1. The maximum atomic E-state index is 12.1. The molecule has 3 rings (SSSR count). The molecule has 0 atom stereocenters. The highest BCUT2D eigenvalue weighted by atomic mass is 16.6. The summed E-state index contributed by atoms with van der Waals surface area (Å²) in [5.74, 6) is -1.09. The number of aromatic carboxylic acids is 1. The standard InChI is InChI=1S/C16H18N4O4/c21-15(22)14-10-20(18-17-14)13-6-8-19(9-7-13)16(23)24-11-12-4-2-1-3-5-12/h1-5,10,13H,6-9,11H2,(H,21,22). The van der Waals surface area contributed by atoms with E-state index < -0.39 is 5.97 Å². The number of likely N-dealkylation sites (tertiary alicyclic amines) is 1. The number of carboxylic acids is 1. The van der Waals surface area contributed by atoms with Crippen LogP contribution in [0.25, 0.3) is 0 Å². The Morgan fingerprint density at radius 3 is 2.54 bits per heavy atom. The molecule has 0 unspecified atom stereocenters. The van der Waals surface area contributed by atoms with Crippen LogP contribution in [-0.2, 0) is 11.3 Å². The van der Waals surface area contributed by atoms with Gasteiger partial charge in [-0.3, -0.25) is 0 Å². The van der Waals surface area contributed by atoms with E-state index in [1.54, 1.807) is 9.58 Å². The van der Waals surface area contributed by atoms with Gasteiger partial charge in [-0.05, 0) is 18.4 Å². The Kier molecular flexibility index (Phi) is 4.74. The molecule has 1 N–H and O–H groups in total. The van der Waals surface area contributed by atoms with E-state index in [1.165, 1.54) is 6.20 Å². The molecule has 1 amide bonds. The molecule has 0 spiro atoms. The molecule has 2 heterocycles. The first-order valence-electron chi connectivity index (χ1n) is 7.74. The SMILES string of the molecule is O=C(O)c1cn(C2CCN(C(=O)OCc3ccccc3)CC2)nn1. The Hall–Kier alpha value is -2.90. The highest BCUT2D eigenvalue weighted by Gasteiger charge is 2.26. The normalized spacial score (nSPS) is 15.2. The van der Waals surface area contributed by atoms with E-state index >= 15 is 0 Å². The van der Waals surface area contributed by atoms with Crippen molar-refractivity contribution < 1.29 is 19.4 Å². The second kappa shape index (κ2) is 7.12. The quantitative estimate of drug-likeness (QED) is 0.920. The molecule has 0 radical (unpaired) electrons. The van der Waals surface area contributed by atoms with Crippen molar-refractivity contribution in [2.24, 2.45) is 0 Å². The predicted molar refractivity (Wildman–Crippen MR) is 83.5 cm³/mol. The third-order valence-electron chi connectivity index (χ3n) is 4.03. The van der Waals surface area contributed by atoms with Crippen molar-refractivity contribution in [3.63, 3.8) is 0 Å². The monoisotopic (exact) mass is 330 g/mol. The maximum Gasteiger partial charge on any atom is 0.410 e. The second-order valence-electron chi connectivity index (χ2n) is 5.65. The molecular weight excluding hydrogens is 312 g/mol. The van der Waals surface area contributed by atoms with Gasteiger partial charge < -0.3 is 14.7 Å². The highest BCUT2D eigenvalue weighted by Crippen LogP contribution is 2.22. The highest BCUT2D eigenvalue weighted by molar-refractivity contribution is 5.84. The molecule has 1 saturated heterocycles. The zero-order valence-corrected chi connectivity index (χ0v) is 13.0. The number of carbonyl (C=O) groups is 2. The lowest BCUT2D eigenvalue weighted by molar-refractivity contribution is 0.0690. The van der Waals surface area contributed by atoms with Crippen LogP contribution in [-0.4, -0.2) is 50.2 Å². The molecule has 8 nitrogen and oxygen atoms in total. The molecule has 24 heavy (non-hydrogen) atoms. The van der Waals surface area contributed by atoms with E-state index in [4.69, 9.17) is 9.84 Å². The van der Waals surface area contributed by atoms with Gasteiger partial charge in [-0.15, -0.1) is 5.10 Å². The third kappa shape index (κ3) is 3.70. The van der Waals surface area contributed by atoms with Crippen molar-refractivity contribution in [2.75, 3.05) is 13.1 Å². The van der Waals surface area contributed by atoms with E-state index in [0.717, 1.165) is 5.56 Å². The summed E-state index contributed by atoms with van der Waals surface area (Å²) in [6.45, 7) is 1.34. The Morgan fingerprint density at radius 2 is 1.92 bits per heavy atom. The lowest BCUT2D eigenvalue weighted by Gasteiger charge is -2.31. The topological polar surface area (TPSA) is 97.5 Å². The Labute approximate surface area is 138 Å². The third-order valence-corrected chi connectivity index (χ3v) is 4.03. The van der Waals surface area contributed by atoms with E-state index in [-0.39, 0.29) is 24.4 Å². The van der Waals surface area contributed by atoms with Crippen molar-refractivity contribution in [1.82, 2.24) is 19.9 Å². The van der Waals surface area contributed by atoms with Crippen LogP contribution in [0.2, 0.25) is 0 Å². The largest absolute Gasteiger partial charge is 0.476 e. The van der Waals surface area contributed by atoms with Crippen LogP contribution >= 0.6 is 0 Å². The lowest BCUT2D eigenvalue weighted by atomic mass is 10.1. The summed E-state index contributed by atoms with van der Waals surface area (Å²) in [7, 11) is 0. The second-order valence-corrected chi connectivity index (χ2v) is 5.65. The number of carbonyl (C=O) groups excluding carboxylic acids is 1. The Bertz CT molecular complexity index is 708. The van der Waals surface area contributed by atoms with Gasteiger partial charge in [0.15, 0.2) is 5.69 Å². The van der Waals surface area contributed by atoms with E-state index in [1.807, 2.05) is 30.3 Å². The summed E-state index contributed by atoms with van der Waals surface area (Å²) in [5.41, 5.74) is 0.879. The predicted octanol–water partition coefficient (Wildman–Crippen LogP) is 1.95. The molecule has 2 aromatic rings. The van der Waals surface area contributed by atoms with Crippen LogP contribution in [0.4, 0.5) is 4.79 Å². The molecule has 126 valence electrons. The molecule has 0 bridgehead atoms. The van der Waals surface area contributed by atoms with E-state index in [0.29, 0.717) is 25.9 Å². The molecule has 1 aromatic carbocycles. The van der Waals surface area contributed by atoms with Crippen LogP contribution in [0, 0.1) is 0 Å². The summed E-state index contributed by atoms with van der Waals surface area (Å²) in [6, 6.07) is 9.57. The zero-order valence-electron chi connectivity index (χ0n) is 13.0. The molecular formula is C16H18N4O4. The average Bonchev–Trinajstić information content (AvgIpc) is 3.11. The van der Waals surface area contributed by atoms with Gasteiger partial charge in [0.1, 0.15) is 6.61 Å². The number of hydrogen-bond acceptors (Lipinski definition) is 5. The van der Waals surface area contributed by atoms with Crippen LogP contribution in [0.5, 0.6) is 0 Å². The molecule has 0 aliphatic carbocycles. The van der Waals surface area contributed by atoms with Gasteiger partial charge in [-0.2, -0.15) is 0 Å². The van der Waals surface area contributed by atoms with Gasteiger partial charge in [-0.25, -0.2) is 14.3 Å². The molecule has 1 fully saturated rings. The van der Waals surface area contributed by atoms with Crippen molar-refractivity contribution in [2.45, 2.75) is 25.5 Å². The number of ether oxygens (including phenoxy) is 1. The van der Waals surface area contributed by atoms with Gasteiger partial charge in [0.05, 0.1) is 12.2 Å². The molecule has 1 aliphatic heterocycles. The number of rotatable bonds is 4. The van der Waals surface area contributed by atoms with Gasteiger partial charge in [0.25, 0.3) is 0 Å². The van der Waals surface area contributed by atoms with Gasteiger partial charge in [0.2, 0.25) is 0 Å². The fourth-order valence-corrected chi connectivity index (χ4v) is 2.68. The molecule has 1 aromatic heterocycles. The Balaban J connectivity index is 1.49. The zero-order chi connectivity index (χ0) is 16.9. The first-order valence-corrected chi connectivity index (χ1v) is 7.74. The number of amides is 1. The van der Waals surface area contributed by atoms with Crippen LogP contribution in [0.3, 0.4) is 0 Å². The minimum atomic E-state index is -1.09. The molecule has 8 heteroatoms. The van der Waals surface area contributed by atoms with Gasteiger partial charge in [-0.1, -0.05) is 35.5 Å². The van der Waals surface area contributed by atoms with E-state index in [2.05, 4.69) is 10.3 Å². The van der Waals surface area contributed by atoms with Crippen molar-refractivity contribution in [3.05, 3.63) is 47.8 Å². The summed E-state index contributed by atoms with van der Waals surface area (Å²) in [4.78, 5) is 24.6. The average molecular weight is 330 g/mol. The lowest BCUT2D eigenvalue weighted by Crippen LogP contribution is -2.39. The molecule has 0 saturated carbocycles. The van der Waals surface area contributed by atoms with Gasteiger partial charge >= 0.3 is 12.1 Å². The number of benzene rings is 1. The minimum absolute atomic E-state index is 0.0452. The van der Waals surface area contributed by atoms with Crippen LogP contribution in [0.1, 0.15) is 34.9 Å². The summed E-state index contributed by atoms with van der Waals surface area (Å²) in [5, 5.41) is 16.4. The summed E-state index contributed by atoms with van der Waals surface area (Å²) >= 11 is 0. The van der Waals surface area contributed by atoms with Crippen molar-refractivity contribution >= 4 is 12.1 Å². The minimum Gasteiger partial charge on any atom is -0.476 e.